The van der Waals surface area contributed by atoms with Crippen molar-refractivity contribution in [2.45, 2.75) is 0 Å². The number of rotatable bonds is 3. The summed E-state index contributed by atoms with van der Waals surface area (Å²) in [5, 5.41) is 1.11. The van der Waals surface area contributed by atoms with E-state index in [1.54, 1.807) is 13.2 Å². The highest BCUT2D eigenvalue weighted by atomic mass is 16.5. The Balaban J connectivity index is 2.28. The number of hydrogen-bond donors (Lipinski definition) is 1. The molecule has 0 saturated carbocycles. The first-order chi connectivity index (χ1) is 9.33. The van der Waals surface area contributed by atoms with E-state index in [9.17, 15) is 4.79 Å². The molecule has 2 aromatic carbocycles. The number of carbonyl (C=O) groups is 1. The first-order valence-corrected chi connectivity index (χ1v) is 6.03. The molecular weight excluding hydrogens is 238 g/mol. The Labute approximate surface area is 110 Å². The second-order valence-electron chi connectivity index (χ2n) is 4.33. The number of H-pyrrole nitrogens is 1. The number of para-hydroxylation sites is 1. The Morgan fingerprint density at radius 2 is 1.95 bits per heavy atom. The van der Waals surface area contributed by atoms with E-state index in [2.05, 4.69) is 4.98 Å². The van der Waals surface area contributed by atoms with Crippen molar-refractivity contribution in [3.8, 4) is 16.9 Å². The summed E-state index contributed by atoms with van der Waals surface area (Å²) in [7, 11) is 1.63. The van der Waals surface area contributed by atoms with Crippen LogP contribution in [0.3, 0.4) is 0 Å². The predicted molar refractivity (Wildman–Crippen MR) is 75.7 cm³/mol. The Bertz CT molecular complexity index is 743. The van der Waals surface area contributed by atoms with Crippen molar-refractivity contribution in [2.75, 3.05) is 7.11 Å². The molecule has 0 spiro atoms. The number of nitrogens with one attached hydrogen (secondary N) is 1. The topological polar surface area (TPSA) is 42.1 Å². The number of aldehydes is 1. The van der Waals surface area contributed by atoms with Crippen LogP contribution >= 0.6 is 0 Å². The third-order valence-electron chi connectivity index (χ3n) is 3.24. The molecular formula is C16H13NO2. The van der Waals surface area contributed by atoms with Crippen LogP contribution in [-0.2, 0) is 0 Å². The summed E-state index contributed by atoms with van der Waals surface area (Å²) in [6.07, 6.45) is 2.79. The van der Waals surface area contributed by atoms with Crippen LogP contribution in [0.4, 0.5) is 0 Å². The minimum Gasteiger partial charge on any atom is -0.496 e. The Kier molecular flexibility index (Phi) is 2.80. The third-order valence-corrected chi connectivity index (χ3v) is 3.24. The van der Waals surface area contributed by atoms with E-state index in [1.807, 2.05) is 42.6 Å². The van der Waals surface area contributed by atoms with E-state index in [0.717, 1.165) is 34.1 Å². The molecule has 0 radical (unpaired) electrons. The van der Waals surface area contributed by atoms with Gasteiger partial charge in [0.25, 0.3) is 0 Å². The number of ether oxygens (including phenoxy) is 1. The van der Waals surface area contributed by atoms with Gasteiger partial charge in [-0.3, -0.25) is 4.79 Å². The van der Waals surface area contributed by atoms with Gasteiger partial charge in [0.05, 0.1) is 7.11 Å². The maximum absolute atomic E-state index is 10.9. The lowest BCUT2D eigenvalue weighted by Gasteiger charge is -2.08. The van der Waals surface area contributed by atoms with Gasteiger partial charge in [-0.05, 0) is 24.3 Å². The fourth-order valence-corrected chi connectivity index (χ4v) is 2.30. The summed E-state index contributed by atoms with van der Waals surface area (Å²) in [5.74, 6) is 0.760. The summed E-state index contributed by atoms with van der Waals surface area (Å²) >= 11 is 0. The van der Waals surface area contributed by atoms with Crippen LogP contribution in [0.25, 0.3) is 22.0 Å². The highest BCUT2D eigenvalue weighted by Crippen LogP contribution is 2.35. The Hall–Kier alpha value is -2.55. The third kappa shape index (κ3) is 1.89. The molecule has 0 bridgehead atoms. The first-order valence-electron chi connectivity index (χ1n) is 6.03. The van der Waals surface area contributed by atoms with Crippen LogP contribution in [0.1, 0.15) is 10.4 Å². The number of hydrogen-bond acceptors (Lipinski definition) is 2. The van der Waals surface area contributed by atoms with E-state index < -0.39 is 0 Å². The fraction of sp³-hybridized carbons (Fsp3) is 0.0625. The maximum Gasteiger partial charge on any atom is 0.150 e. The fourth-order valence-electron chi connectivity index (χ4n) is 2.30. The van der Waals surface area contributed by atoms with Gasteiger partial charge in [-0.2, -0.15) is 0 Å². The normalized spacial score (nSPS) is 10.6. The van der Waals surface area contributed by atoms with E-state index in [-0.39, 0.29) is 0 Å². The van der Waals surface area contributed by atoms with Gasteiger partial charge in [0, 0.05) is 33.8 Å². The van der Waals surface area contributed by atoms with Gasteiger partial charge < -0.3 is 9.72 Å². The second kappa shape index (κ2) is 4.61. The van der Waals surface area contributed by atoms with Crippen LogP contribution in [0.5, 0.6) is 5.75 Å². The number of aromatic nitrogens is 1. The van der Waals surface area contributed by atoms with Gasteiger partial charge in [-0.25, -0.2) is 0 Å². The van der Waals surface area contributed by atoms with Crippen molar-refractivity contribution < 1.29 is 9.53 Å². The number of fused-ring (bicyclic) bond motifs is 1. The zero-order valence-corrected chi connectivity index (χ0v) is 10.5. The van der Waals surface area contributed by atoms with Crippen LogP contribution in [0.15, 0.2) is 48.7 Å². The SMILES string of the molecule is COc1ccc(C=O)cc1-c1c[nH]c2ccccc12. The molecule has 3 heteroatoms. The van der Waals surface area contributed by atoms with E-state index in [4.69, 9.17) is 4.74 Å². The highest BCUT2D eigenvalue weighted by Gasteiger charge is 2.11. The zero-order valence-electron chi connectivity index (χ0n) is 10.5. The van der Waals surface area contributed by atoms with Crippen molar-refractivity contribution in [3.05, 3.63) is 54.2 Å². The average molecular weight is 251 g/mol. The first kappa shape index (κ1) is 11.5. The van der Waals surface area contributed by atoms with Crippen LogP contribution in [0.2, 0.25) is 0 Å². The maximum atomic E-state index is 10.9. The molecule has 1 heterocycles. The zero-order chi connectivity index (χ0) is 13.2. The van der Waals surface area contributed by atoms with E-state index >= 15 is 0 Å². The Morgan fingerprint density at radius 1 is 1.11 bits per heavy atom. The van der Waals surface area contributed by atoms with Gasteiger partial charge in [-0.15, -0.1) is 0 Å². The smallest absolute Gasteiger partial charge is 0.150 e. The lowest BCUT2D eigenvalue weighted by molar-refractivity contribution is 0.112. The summed E-state index contributed by atoms with van der Waals surface area (Å²) in [6.45, 7) is 0. The summed E-state index contributed by atoms with van der Waals surface area (Å²) in [4.78, 5) is 14.2. The lowest BCUT2D eigenvalue weighted by Crippen LogP contribution is -1.89. The number of aromatic amines is 1. The second-order valence-corrected chi connectivity index (χ2v) is 4.33. The lowest BCUT2D eigenvalue weighted by atomic mass is 10.0. The summed E-state index contributed by atoms with van der Waals surface area (Å²) in [5.41, 5.74) is 3.66. The number of methoxy groups -OCH3 is 1. The van der Waals surface area contributed by atoms with E-state index in [0.29, 0.717) is 5.56 Å². The molecule has 3 rings (SSSR count). The molecule has 0 aliphatic rings. The molecule has 94 valence electrons. The van der Waals surface area contributed by atoms with Gasteiger partial charge in [0.1, 0.15) is 12.0 Å². The number of carbonyl (C=O) groups excluding carboxylic acids is 1. The number of benzene rings is 2. The summed E-state index contributed by atoms with van der Waals surface area (Å²) in [6, 6.07) is 13.5. The molecule has 3 aromatic rings. The van der Waals surface area contributed by atoms with Crippen LogP contribution < -0.4 is 4.74 Å². The van der Waals surface area contributed by atoms with Crippen molar-refractivity contribution in [2.24, 2.45) is 0 Å². The molecule has 0 unspecified atom stereocenters. The molecule has 1 N–H and O–H groups in total. The molecule has 1 aromatic heterocycles. The largest absolute Gasteiger partial charge is 0.496 e. The predicted octanol–water partition coefficient (Wildman–Crippen LogP) is 3.66. The average Bonchev–Trinajstić information content (AvgIpc) is 2.90. The quantitative estimate of drug-likeness (QED) is 0.722. The van der Waals surface area contributed by atoms with Crippen LogP contribution in [-0.4, -0.2) is 18.4 Å². The molecule has 0 aliphatic heterocycles. The van der Waals surface area contributed by atoms with Crippen molar-refractivity contribution in [1.82, 2.24) is 4.98 Å². The molecule has 0 saturated heterocycles. The van der Waals surface area contributed by atoms with Crippen molar-refractivity contribution in [1.29, 1.82) is 0 Å². The highest BCUT2D eigenvalue weighted by molar-refractivity contribution is 5.97. The van der Waals surface area contributed by atoms with Crippen LogP contribution in [0, 0.1) is 0 Å². The standard InChI is InChI=1S/C16H13NO2/c1-19-16-7-6-11(10-18)8-13(16)14-9-17-15-5-3-2-4-12(14)15/h2-10,17H,1H3. The van der Waals surface area contributed by atoms with Crippen molar-refractivity contribution >= 4 is 17.2 Å². The Morgan fingerprint density at radius 3 is 2.74 bits per heavy atom. The molecule has 0 atom stereocenters. The molecule has 0 amide bonds. The summed E-state index contributed by atoms with van der Waals surface area (Å²) < 4.78 is 5.39. The minimum absolute atomic E-state index is 0.640. The van der Waals surface area contributed by atoms with Gasteiger partial charge >= 0.3 is 0 Å². The molecule has 0 aliphatic carbocycles. The molecule has 19 heavy (non-hydrogen) atoms. The van der Waals surface area contributed by atoms with E-state index in [1.165, 1.54) is 0 Å². The minimum atomic E-state index is 0.640. The van der Waals surface area contributed by atoms with Gasteiger partial charge in [-0.1, -0.05) is 18.2 Å². The molecule has 3 nitrogen and oxygen atoms in total. The molecule has 0 fully saturated rings. The van der Waals surface area contributed by atoms with Gasteiger partial charge in [0.15, 0.2) is 0 Å². The van der Waals surface area contributed by atoms with Crippen molar-refractivity contribution in [3.63, 3.8) is 0 Å². The van der Waals surface area contributed by atoms with Gasteiger partial charge in [0.2, 0.25) is 0 Å². The monoisotopic (exact) mass is 251 g/mol.